The normalized spacial score (nSPS) is 16.2. The average Bonchev–Trinajstić information content (AvgIpc) is 3.19. The van der Waals surface area contributed by atoms with Gasteiger partial charge in [0.15, 0.2) is 5.82 Å². The van der Waals surface area contributed by atoms with Crippen LogP contribution in [0.4, 0.5) is 0 Å². The van der Waals surface area contributed by atoms with Gasteiger partial charge in [-0.2, -0.15) is 4.31 Å². The van der Waals surface area contributed by atoms with Gasteiger partial charge >= 0.3 is 0 Å². The second-order valence-corrected chi connectivity index (χ2v) is 11.5. The van der Waals surface area contributed by atoms with E-state index in [2.05, 4.69) is 10.2 Å². The maximum atomic E-state index is 12.9. The maximum absolute atomic E-state index is 12.9. The van der Waals surface area contributed by atoms with Crippen molar-refractivity contribution in [1.29, 1.82) is 0 Å². The van der Waals surface area contributed by atoms with Gasteiger partial charge in [-0.1, -0.05) is 57.0 Å². The quantitative estimate of drug-likeness (QED) is 0.421. The van der Waals surface area contributed by atoms with Gasteiger partial charge in [0.05, 0.1) is 10.1 Å². The number of hydrogen-bond donors (Lipinski definition) is 1. The van der Waals surface area contributed by atoms with E-state index in [9.17, 15) is 13.2 Å². The molecule has 0 bridgehead atoms. The Morgan fingerprint density at radius 3 is 2.52 bits per heavy atom. The minimum Gasteiger partial charge on any atom is -0.342 e. The molecule has 182 valence electrons. The van der Waals surface area contributed by atoms with Crippen LogP contribution < -0.4 is 5.84 Å². The summed E-state index contributed by atoms with van der Waals surface area (Å²) in [5.74, 6) is 6.65. The molecule has 0 radical (unpaired) electrons. The van der Waals surface area contributed by atoms with E-state index < -0.39 is 10.0 Å². The van der Waals surface area contributed by atoms with Crippen molar-refractivity contribution in [3.63, 3.8) is 0 Å². The Hall–Kier alpha value is -2.11. The van der Waals surface area contributed by atoms with Gasteiger partial charge in [-0.3, -0.25) is 4.79 Å². The molecule has 9 nitrogen and oxygen atoms in total. The number of amides is 1. The fourth-order valence-corrected chi connectivity index (χ4v) is 6.58. The first kappa shape index (κ1) is 25.5. The van der Waals surface area contributed by atoms with Crippen molar-refractivity contribution in [3.05, 3.63) is 24.3 Å². The van der Waals surface area contributed by atoms with Crippen molar-refractivity contribution < 1.29 is 13.2 Å². The predicted octanol–water partition coefficient (Wildman–Crippen LogP) is 2.96. The third kappa shape index (κ3) is 5.52. The van der Waals surface area contributed by atoms with Gasteiger partial charge in [-0.25, -0.2) is 13.1 Å². The summed E-state index contributed by atoms with van der Waals surface area (Å²) >= 11 is 1.25. The summed E-state index contributed by atoms with van der Waals surface area (Å²) < 4.78 is 28.5. The highest BCUT2D eigenvalue weighted by molar-refractivity contribution is 8.00. The molecule has 2 N–H and O–H groups in total. The van der Waals surface area contributed by atoms with Gasteiger partial charge < -0.3 is 10.7 Å². The van der Waals surface area contributed by atoms with Crippen molar-refractivity contribution in [2.45, 2.75) is 74.2 Å². The van der Waals surface area contributed by atoms with Gasteiger partial charge in [-0.05, 0) is 31.9 Å². The molecule has 0 aliphatic heterocycles. The van der Waals surface area contributed by atoms with Gasteiger partial charge in [0.2, 0.25) is 21.1 Å². The number of rotatable bonds is 9. The molecule has 1 atom stereocenters. The molecule has 0 saturated heterocycles. The number of nitrogens with zero attached hydrogens (tertiary/aromatic N) is 5. The highest BCUT2D eigenvalue weighted by Gasteiger charge is 2.28. The van der Waals surface area contributed by atoms with Gasteiger partial charge in [-0.15, -0.1) is 10.2 Å². The second kappa shape index (κ2) is 10.9. The van der Waals surface area contributed by atoms with Gasteiger partial charge in [0.25, 0.3) is 0 Å². The number of carbonyl (C=O) groups excluding carboxylic acids is 1. The molecule has 1 aliphatic rings. The standard InChI is InChI=1S/C22H34N6O3S2/c1-5-27(6-2)33(30,31)19-14-10-11-17(15-19)20-24-25-22(28(20)23)32-16(3)21(29)26(4)18-12-8-7-9-13-18/h10-11,14-16,18H,5-9,12-13,23H2,1-4H3. The lowest BCUT2D eigenvalue weighted by molar-refractivity contribution is -0.131. The Morgan fingerprint density at radius 2 is 1.88 bits per heavy atom. The van der Waals surface area contributed by atoms with Crippen LogP contribution in [0.3, 0.4) is 0 Å². The third-order valence-electron chi connectivity index (χ3n) is 6.20. The lowest BCUT2D eigenvalue weighted by atomic mass is 9.94. The van der Waals surface area contributed by atoms with E-state index in [1.807, 2.05) is 18.9 Å². The molecule has 1 aromatic heterocycles. The Bertz CT molecular complexity index is 1060. The van der Waals surface area contributed by atoms with Crippen LogP contribution in [0.5, 0.6) is 0 Å². The Labute approximate surface area is 200 Å². The van der Waals surface area contributed by atoms with E-state index in [0.29, 0.717) is 29.6 Å². The smallest absolute Gasteiger partial charge is 0.243 e. The summed E-state index contributed by atoms with van der Waals surface area (Å²) in [7, 11) is -1.74. The Balaban J connectivity index is 1.78. The van der Waals surface area contributed by atoms with Crippen LogP contribution in [0.25, 0.3) is 11.4 Å². The number of carbonyl (C=O) groups is 1. The first-order chi connectivity index (χ1) is 15.7. The number of benzene rings is 1. The van der Waals surface area contributed by atoms with Crippen LogP contribution in [-0.4, -0.2) is 69.8 Å². The summed E-state index contributed by atoms with van der Waals surface area (Å²) in [5.41, 5.74) is 0.545. The van der Waals surface area contributed by atoms with Crippen LogP contribution in [-0.2, 0) is 14.8 Å². The SMILES string of the molecule is CCN(CC)S(=O)(=O)c1cccc(-c2nnc(SC(C)C(=O)N(C)C3CCCCC3)n2N)c1. The number of hydrogen-bond acceptors (Lipinski definition) is 7. The molecule has 1 fully saturated rings. The molecular formula is C22H34N6O3S2. The molecule has 0 spiro atoms. The molecular weight excluding hydrogens is 460 g/mol. The summed E-state index contributed by atoms with van der Waals surface area (Å²) in [6, 6.07) is 6.82. The van der Waals surface area contributed by atoms with Gasteiger partial charge in [0, 0.05) is 31.7 Å². The summed E-state index contributed by atoms with van der Waals surface area (Å²) in [6.45, 7) is 6.23. The summed E-state index contributed by atoms with van der Waals surface area (Å²) in [5, 5.41) is 8.37. The van der Waals surface area contributed by atoms with Crippen LogP contribution in [0, 0.1) is 0 Å². The monoisotopic (exact) mass is 494 g/mol. The van der Waals surface area contributed by atoms with Crippen molar-refractivity contribution in [3.8, 4) is 11.4 Å². The zero-order chi connectivity index (χ0) is 24.2. The molecule has 11 heteroatoms. The fraction of sp³-hybridized carbons (Fsp3) is 0.591. The lowest BCUT2D eigenvalue weighted by Crippen LogP contribution is -2.42. The molecule has 1 heterocycles. The van der Waals surface area contributed by atoms with Crippen LogP contribution in [0.15, 0.2) is 34.3 Å². The fourth-order valence-electron chi connectivity index (χ4n) is 4.21. The van der Waals surface area contributed by atoms with E-state index in [1.165, 1.54) is 27.2 Å². The van der Waals surface area contributed by atoms with Crippen molar-refractivity contribution in [1.82, 2.24) is 24.1 Å². The topological polar surface area (TPSA) is 114 Å². The third-order valence-corrected chi connectivity index (χ3v) is 9.29. The zero-order valence-electron chi connectivity index (χ0n) is 19.8. The largest absolute Gasteiger partial charge is 0.342 e. The van der Waals surface area contributed by atoms with Crippen molar-refractivity contribution in [2.75, 3.05) is 26.0 Å². The molecule has 33 heavy (non-hydrogen) atoms. The lowest BCUT2D eigenvalue weighted by Gasteiger charge is -2.32. The van der Waals surface area contributed by atoms with Crippen LogP contribution >= 0.6 is 11.8 Å². The first-order valence-corrected chi connectivity index (χ1v) is 13.8. The number of sulfonamides is 1. The molecule has 1 saturated carbocycles. The van der Waals surface area contributed by atoms with Gasteiger partial charge in [0.1, 0.15) is 0 Å². The van der Waals surface area contributed by atoms with E-state index >= 15 is 0 Å². The zero-order valence-corrected chi connectivity index (χ0v) is 21.4. The highest BCUT2D eigenvalue weighted by Crippen LogP contribution is 2.29. The Morgan fingerprint density at radius 1 is 1.21 bits per heavy atom. The summed E-state index contributed by atoms with van der Waals surface area (Å²) in [6.07, 6.45) is 5.65. The van der Waals surface area contributed by atoms with E-state index in [1.54, 1.807) is 38.1 Å². The Kier molecular flexibility index (Phi) is 8.41. The van der Waals surface area contributed by atoms with E-state index in [0.717, 1.165) is 25.7 Å². The molecule has 1 unspecified atom stereocenters. The molecule has 1 aromatic carbocycles. The number of nitrogens with two attached hydrogens (primary N) is 1. The van der Waals surface area contributed by atoms with Crippen LogP contribution in [0.1, 0.15) is 52.9 Å². The summed E-state index contributed by atoms with van der Waals surface area (Å²) in [4.78, 5) is 15.0. The number of nitrogen functional groups attached to an aromatic ring is 1. The van der Waals surface area contributed by atoms with E-state index in [-0.39, 0.29) is 22.1 Å². The first-order valence-electron chi connectivity index (χ1n) is 11.4. The number of aromatic nitrogens is 3. The minimum absolute atomic E-state index is 0.0452. The maximum Gasteiger partial charge on any atom is 0.243 e. The van der Waals surface area contributed by atoms with Crippen molar-refractivity contribution >= 4 is 27.7 Å². The number of thioether (sulfide) groups is 1. The highest BCUT2D eigenvalue weighted by atomic mass is 32.2. The minimum atomic E-state index is -3.61. The second-order valence-electron chi connectivity index (χ2n) is 8.29. The molecule has 2 aromatic rings. The molecule has 1 amide bonds. The van der Waals surface area contributed by atoms with Crippen LogP contribution in [0.2, 0.25) is 0 Å². The average molecular weight is 495 g/mol. The predicted molar refractivity (Wildman–Crippen MR) is 131 cm³/mol. The van der Waals surface area contributed by atoms with Crippen molar-refractivity contribution in [2.24, 2.45) is 0 Å². The van der Waals surface area contributed by atoms with E-state index in [4.69, 9.17) is 5.84 Å². The molecule has 3 rings (SSSR count). The molecule has 1 aliphatic carbocycles.